The van der Waals surface area contributed by atoms with E-state index < -0.39 is 57.5 Å². The number of carbonyl (C=O) groups excluding carboxylic acids is 1. The summed E-state index contributed by atoms with van der Waals surface area (Å²) in [7, 11) is 0. The van der Waals surface area contributed by atoms with Gasteiger partial charge in [-0.3, -0.25) is 10.1 Å². The second kappa shape index (κ2) is 10.1. The number of nitrogens with one attached hydrogen (secondary N) is 1. The van der Waals surface area contributed by atoms with Gasteiger partial charge in [0.05, 0.1) is 4.92 Å². The molecule has 1 N–H and O–H groups in total. The molecule has 0 unspecified atom stereocenters. The molecule has 0 radical (unpaired) electrons. The van der Waals surface area contributed by atoms with Gasteiger partial charge in [0.1, 0.15) is 17.4 Å². The smallest absolute Gasteiger partial charge is 0.410 e. The number of fused-ring (bicyclic) bond motifs is 1. The summed E-state index contributed by atoms with van der Waals surface area (Å²) >= 11 is 0. The van der Waals surface area contributed by atoms with Crippen molar-refractivity contribution in [3.05, 3.63) is 93.5 Å². The highest BCUT2D eigenvalue weighted by Gasteiger charge is 2.47. The summed E-state index contributed by atoms with van der Waals surface area (Å²) in [6.07, 6.45) is -10.8. The molecule has 220 valence electrons. The van der Waals surface area contributed by atoms with Crippen LogP contribution in [0, 0.1) is 15.9 Å². The number of nitrogens with zero attached hydrogens (tertiary/aromatic N) is 5. The number of nitro benzene ring substituents is 1. The molecule has 17 heteroatoms. The van der Waals surface area contributed by atoms with Gasteiger partial charge in [0.25, 0.3) is 5.69 Å². The van der Waals surface area contributed by atoms with Gasteiger partial charge in [-0.05, 0) is 29.8 Å². The molecule has 2 aromatic heterocycles. The number of likely N-dealkylation sites (tertiary alicyclic amines) is 1. The summed E-state index contributed by atoms with van der Waals surface area (Å²) in [6.45, 7) is -0.368. The quantitative estimate of drug-likeness (QED) is 0.173. The van der Waals surface area contributed by atoms with Crippen LogP contribution in [-0.2, 0) is 17.8 Å². The number of alkyl halides is 6. The first-order chi connectivity index (χ1) is 19.6. The molecule has 0 bridgehead atoms. The SMILES string of the molecule is O=C(Oc1ccc([N+](=O)[O-])cc1)N1CC(CNc2cc(C(F)(F)F)nc3cc(C(F)(F)F)nn23)(c2ccc(F)cc2)C1. The van der Waals surface area contributed by atoms with Crippen LogP contribution in [0.4, 0.5) is 47.0 Å². The lowest BCUT2D eigenvalue weighted by Gasteiger charge is -2.50. The molecular formula is C25H17F7N6O4. The third-order valence-electron chi connectivity index (χ3n) is 6.57. The Morgan fingerprint density at radius 2 is 1.60 bits per heavy atom. The fraction of sp³-hybridized carbons (Fsp3) is 0.240. The highest BCUT2D eigenvalue weighted by molar-refractivity contribution is 5.73. The van der Waals surface area contributed by atoms with Crippen LogP contribution in [0.25, 0.3) is 5.65 Å². The van der Waals surface area contributed by atoms with Crippen LogP contribution in [0.15, 0.2) is 60.7 Å². The second-order valence-corrected chi connectivity index (χ2v) is 9.44. The Bertz CT molecular complexity index is 1650. The lowest BCUT2D eigenvalue weighted by atomic mass is 9.73. The molecule has 0 spiro atoms. The molecule has 1 aliphatic rings. The summed E-state index contributed by atoms with van der Waals surface area (Å²) in [5.74, 6) is -1.00. The van der Waals surface area contributed by atoms with Crippen molar-refractivity contribution in [2.75, 3.05) is 25.0 Å². The van der Waals surface area contributed by atoms with Crippen LogP contribution in [0.2, 0.25) is 0 Å². The van der Waals surface area contributed by atoms with Crippen molar-refractivity contribution in [1.82, 2.24) is 19.5 Å². The highest BCUT2D eigenvalue weighted by Crippen LogP contribution is 2.37. The highest BCUT2D eigenvalue weighted by atomic mass is 19.4. The van der Waals surface area contributed by atoms with Crippen molar-refractivity contribution >= 4 is 23.2 Å². The number of aromatic nitrogens is 3. The molecular weight excluding hydrogens is 581 g/mol. The molecule has 0 atom stereocenters. The van der Waals surface area contributed by atoms with Gasteiger partial charge < -0.3 is 15.0 Å². The number of nitro groups is 1. The molecule has 3 heterocycles. The first kappa shape index (κ1) is 28.6. The molecule has 0 saturated carbocycles. The van der Waals surface area contributed by atoms with Crippen LogP contribution >= 0.6 is 0 Å². The molecule has 10 nitrogen and oxygen atoms in total. The van der Waals surface area contributed by atoms with E-state index in [1.807, 2.05) is 0 Å². The predicted octanol–water partition coefficient (Wildman–Crippen LogP) is 5.68. The van der Waals surface area contributed by atoms with Crippen LogP contribution in [-0.4, -0.2) is 50.1 Å². The maximum Gasteiger partial charge on any atom is 0.435 e. The summed E-state index contributed by atoms with van der Waals surface area (Å²) in [5.41, 5.74) is -4.38. The summed E-state index contributed by atoms with van der Waals surface area (Å²) < 4.78 is 99.8. The Morgan fingerprint density at radius 3 is 2.17 bits per heavy atom. The Kier molecular flexibility index (Phi) is 6.90. The van der Waals surface area contributed by atoms with E-state index in [1.165, 1.54) is 29.2 Å². The van der Waals surface area contributed by atoms with Gasteiger partial charge in [-0.2, -0.15) is 36.0 Å². The van der Waals surface area contributed by atoms with E-state index in [2.05, 4.69) is 15.4 Å². The summed E-state index contributed by atoms with van der Waals surface area (Å²) in [4.78, 5) is 27.4. The maximum atomic E-state index is 13.6. The van der Waals surface area contributed by atoms with E-state index in [-0.39, 0.29) is 31.1 Å². The van der Waals surface area contributed by atoms with Crippen molar-refractivity contribution in [2.24, 2.45) is 0 Å². The third kappa shape index (κ3) is 5.61. The number of carbonyl (C=O) groups is 1. The molecule has 42 heavy (non-hydrogen) atoms. The lowest BCUT2D eigenvalue weighted by Crippen LogP contribution is -2.64. The van der Waals surface area contributed by atoms with Crippen LogP contribution in [0.3, 0.4) is 0 Å². The molecule has 2 aromatic carbocycles. The van der Waals surface area contributed by atoms with Gasteiger partial charge in [0, 0.05) is 49.3 Å². The topological polar surface area (TPSA) is 115 Å². The van der Waals surface area contributed by atoms with Gasteiger partial charge in [-0.25, -0.2) is 14.2 Å². The number of hydrogen-bond acceptors (Lipinski definition) is 7. The van der Waals surface area contributed by atoms with Crippen molar-refractivity contribution in [1.29, 1.82) is 0 Å². The van der Waals surface area contributed by atoms with Crippen LogP contribution in [0.1, 0.15) is 17.0 Å². The van der Waals surface area contributed by atoms with Gasteiger partial charge in [0.2, 0.25) is 0 Å². The van der Waals surface area contributed by atoms with Crippen molar-refractivity contribution in [3.8, 4) is 5.75 Å². The first-order valence-electron chi connectivity index (χ1n) is 11.9. The number of rotatable bonds is 6. The Labute approximate surface area is 230 Å². The first-order valence-corrected chi connectivity index (χ1v) is 11.9. The molecule has 1 amide bonds. The molecule has 1 fully saturated rings. The Balaban J connectivity index is 1.41. The zero-order valence-corrected chi connectivity index (χ0v) is 20.9. The number of anilines is 1. The third-order valence-corrected chi connectivity index (χ3v) is 6.57. The van der Waals surface area contributed by atoms with Crippen molar-refractivity contribution < 1.29 is 45.2 Å². The molecule has 0 aliphatic carbocycles. The normalized spacial score (nSPS) is 14.9. The summed E-state index contributed by atoms with van der Waals surface area (Å²) in [6, 6.07) is 10.7. The summed E-state index contributed by atoms with van der Waals surface area (Å²) in [5, 5.41) is 16.9. The van der Waals surface area contributed by atoms with E-state index in [0.717, 1.165) is 24.3 Å². The van der Waals surface area contributed by atoms with Gasteiger partial charge in [-0.1, -0.05) is 12.1 Å². The van der Waals surface area contributed by atoms with Crippen LogP contribution < -0.4 is 10.1 Å². The van der Waals surface area contributed by atoms with E-state index in [0.29, 0.717) is 22.2 Å². The fourth-order valence-electron chi connectivity index (χ4n) is 4.46. The Morgan fingerprint density at radius 1 is 0.976 bits per heavy atom. The van der Waals surface area contributed by atoms with E-state index in [9.17, 15) is 45.6 Å². The average molecular weight is 598 g/mol. The fourth-order valence-corrected chi connectivity index (χ4v) is 4.46. The van der Waals surface area contributed by atoms with Crippen molar-refractivity contribution in [2.45, 2.75) is 17.8 Å². The van der Waals surface area contributed by atoms with Gasteiger partial charge in [0.15, 0.2) is 17.0 Å². The monoisotopic (exact) mass is 598 g/mol. The maximum absolute atomic E-state index is 13.6. The molecule has 1 aliphatic heterocycles. The zero-order valence-electron chi connectivity index (χ0n) is 20.9. The van der Waals surface area contributed by atoms with E-state index >= 15 is 0 Å². The van der Waals surface area contributed by atoms with Crippen molar-refractivity contribution in [3.63, 3.8) is 0 Å². The minimum absolute atomic E-state index is 0.0148. The van der Waals surface area contributed by atoms with E-state index in [4.69, 9.17) is 4.74 Å². The Hall–Kier alpha value is -4.96. The largest absolute Gasteiger partial charge is 0.435 e. The molecule has 1 saturated heterocycles. The van der Waals surface area contributed by atoms with Gasteiger partial charge in [-0.15, -0.1) is 0 Å². The number of non-ortho nitro benzene ring substituents is 1. The standard InChI is InChI=1S/C25H17F7N6O4/c26-15-3-1-14(2-4-15)23(12-36(13-23)22(39)42-17-7-5-16(6-8-17)38(40)41)11-33-20-9-18(24(27,28)29)34-21-10-19(25(30,31)32)35-37(20)21/h1-10,33H,11-13H2. The van der Waals surface area contributed by atoms with Gasteiger partial charge >= 0.3 is 18.4 Å². The number of halogens is 7. The van der Waals surface area contributed by atoms with E-state index in [1.54, 1.807) is 0 Å². The van der Waals surface area contributed by atoms with Crippen LogP contribution in [0.5, 0.6) is 5.75 Å². The minimum atomic E-state index is -4.98. The number of ether oxygens (including phenoxy) is 1. The number of amides is 1. The number of hydrogen-bond donors (Lipinski definition) is 1. The second-order valence-electron chi connectivity index (χ2n) is 9.44. The molecule has 5 rings (SSSR count). The number of benzene rings is 2. The lowest BCUT2D eigenvalue weighted by molar-refractivity contribution is -0.384. The average Bonchev–Trinajstić information content (AvgIpc) is 3.34. The zero-order chi connectivity index (χ0) is 30.4. The molecule has 4 aromatic rings. The minimum Gasteiger partial charge on any atom is -0.410 e. The predicted molar refractivity (Wildman–Crippen MR) is 130 cm³/mol.